The second-order valence-corrected chi connectivity index (χ2v) is 7.78. The summed E-state index contributed by atoms with van der Waals surface area (Å²) >= 11 is 3.64. The van der Waals surface area contributed by atoms with Crippen molar-refractivity contribution in [1.29, 1.82) is 0 Å². The molecule has 2 aliphatic heterocycles. The Labute approximate surface area is 158 Å². The second kappa shape index (κ2) is 8.17. The summed E-state index contributed by atoms with van der Waals surface area (Å²) in [6.45, 7) is 6.51. The fourth-order valence-corrected chi connectivity index (χ4v) is 4.56. The molecule has 4 nitrogen and oxygen atoms in total. The Balaban J connectivity index is 1.51. The lowest BCUT2D eigenvalue weighted by molar-refractivity contribution is -0.140. The molecule has 2 saturated heterocycles. The summed E-state index contributed by atoms with van der Waals surface area (Å²) in [5.74, 6) is 0.831. The van der Waals surface area contributed by atoms with Crippen LogP contribution in [0, 0.1) is 5.92 Å². The zero-order chi connectivity index (χ0) is 17.8. The monoisotopic (exact) mass is 404 g/mol. The number of amides is 2. The van der Waals surface area contributed by atoms with E-state index in [0.29, 0.717) is 19.0 Å². The van der Waals surface area contributed by atoms with Crippen molar-refractivity contribution < 1.29 is 9.59 Å². The van der Waals surface area contributed by atoms with E-state index < -0.39 is 0 Å². The Morgan fingerprint density at radius 3 is 2.20 bits per heavy atom. The fourth-order valence-electron chi connectivity index (χ4n) is 3.95. The van der Waals surface area contributed by atoms with Crippen molar-refractivity contribution in [2.45, 2.75) is 31.6 Å². The number of nitrogens with zero attached hydrogens (tertiary/aromatic N) is 2. The van der Waals surface area contributed by atoms with Crippen LogP contribution in [0.4, 0.5) is 0 Å². The van der Waals surface area contributed by atoms with E-state index in [-0.39, 0.29) is 17.7 Å². The molecule has 5 heteroatoms. The molecule has 2 aliphatic rings. The van der Waals surface area contributed by atoms with Gasteiger partial charge in [0.15, 0.2) is 0 Å². The Kier molecular flexibility index (Phi) is 5.94. The van der Waals surface area contributed by atoms with E-state index in [1.165, 1.54) is 16.1 Å². The molecular formula is C20H25BrN2O2. The van der Waals surface area contributed by atoms with Crippen LogP contribution in [0.2, 0.25) is 0 Å². The third kappa shape index (κ3) is 4.14. The van der Waals surface area contributed by atoms with E-state index >= 15 is 0 Å². The molecule has 2 heterocycles. The molecule has 2 amide bonds. The molecule has 25 heavy (non-hydrogen) atoms. The fraction of sp³-hybridized carbons (Fsp3) is 0.500. The van der Waals surface area contributed by atoms with Gasteiger partial charge in [0.05, 0.1) is 0 Å². The van der Waals surface area contributed by atoms with Crippen LogP contribution in [0.1, 0.15) is 37.2 Å². The first-order chi connectivity index (χ1) is 12.1. The number of piperidine rings is 2. The van der Waals surface area contributed by atoms with Gasteiger partial charge in [-0.1, -0.05) is 40.7 Å². The molecule has 0 aromatic heterocycles. The van der Waals surface area contributed by atoms with Gasteiger partial charge in [0.1, 0.15) is 0 Å². The molecule has 0 saturated carbocycles. The van der Waals surface area contributed by atoms with Gasteiger partial charge in [0.25, 0.3) is 0 Å². The van der Waals surface area contributed by atoms with Crippen LogP contribution in [0.3, 0.4) is 0 Å². The maximum absolute atomic E-state index is 12.8. The van der Waals surface area contributed by atoms with Gasteiger partial charge in [-0.2, -0.15) is 0 Å². The van der Waals surface area contributed by atoms with Gasteiger partial charge in [0, 0.05) is 36.6 Å². The number of rotatable bonds is 3. The van der Waals surface area contributed by atoms with Crippen LogP contribution in [0.5, 0.6) is 0 Å². The third-order valence-corrected chi connectivity index (χ3v) is 6.20. The highest BCUT2D eigenvalue weighted by atomic mass is 79.9. The first-order valence-corrected chi connectivity index (χ1v) is 9.84. The van der Waals surface area contributed by atoms with Gasteiger partial charge in [-0.3, -0.25) is 9.59 Å². The van der Waals surface area contributed by atoms with Crippen LogP contribution in [0.25, 0.3) is 0 Å². The molecule has 1 aromatic rings. The molecule has 0 aliphatic carbocycles. The molecule has 0 spiro atoms. The number of hydrogen-bond donors (Lipinski definition) is 0. The van der Waals surface area contributed by atoms with Gasteiger partial charge in [-0.05, 0) is 49.3 Å². The minimum Gasteiger partial charge on any atom is -0.342 e. The van der Waals surface area contributed by atoms with E-state index in [1.54, 1.807) is 4.90 Å². The van der Waals surface area contributed by atoms with Crippen molar-refractivity contribution in [2.75, 3.05) is 26.2 Å². The van der Waals surface area contributed by atoms with Crippen LogP contribution in [0.15, 0.2) is 41.4 Å². The van der Waals surface area contributed by atoms with Crippen molar-refractivity contribution >= 4 is 27.7 Å². The van der Waals surface area contributed by atoms with E-state index in [1.807, 2.05) is 11.0 Å². The topological polar surface area (TPSA) is 40.6 Å². The van der Waals surface area contributed by atoms with Crippen LogP contribution >= 0.6 is 15.9 Å². The Bertz CT molecular complexity index is 645. The van der Waals surface area contributed by atoms with E-state index in [2.05, 4.69) is 40.7 Å². The van der Waals surface area contributed by atoms with E-state index in [0.717, 1.165) is 38.8 Å². The van der Waals surface area contributed by atoms with Crippen molar-refractivity contribution in [3.63, 3.8) is 0 Å². The Morgan fingerprint density at radius 1 is 1.00 bits per heavy atom. The largest absolute Gasteiger partial charge is 0.342 e. The summed E-state index contributed by atoms with van der Waals surface area (Å²) in [5, 5.41) is 0. The van der Waals surface area contributed by atoms with Gasteiger partial charge < -0.3 is 9.80 Å². The van der Waals surface area contributed by atoms with Crippen LogP contribution in [-0.4, -0.2) is 47.8 Å². The number of halogens is 1. The smallest absolute Gasteiger partial charge is 0.245 e. The molecule has 0 N–H and O–H groups in total. The summed E-state index contributed by atoms with van der Waals surface area (Å²) in [4.78, 5) is 28.3. The zero-order valence-corrected chi connectivity index (χ0v) is 16.1. The normalized spacial score (nSPS) is 19.7. The highest BCUT2D eigenvalue weighted by Crippen LogP contribution is 2.33. The zero-order valence-electron chi connectivity index (χ0n) is 14.5. The number of hydrogen-bond acceptors (Lipinski definition) is 2. The van der Waals surface area contributed by atoms with Crippen LogP contribution in [-0.2, 0) is 9.59 Å². The lowest BCUT2D eigenvalue weighted by Crippen LogP contribution is -2.46. The minimum atomic E-state index is -0.0276. The summed E-state index contributed by atoms with van der Waals surface area (Å²) in [5.41, 5.74) is 1.35. The first kappa shape index (κ1) is 18.2. The minimum absolute atomic E-state index is 0.0276. The highest BCUT2D eigenvalue weighted by molar-refractivity contribution is 9.10. The van der Waals surface area contributed by atoms with Gasteiger partial charge in [0.2, 0.25) is 11.8 Å². The molecule has 0 unspecified atom stereocenters. The maximum Gasteiger partial charge on any atom is 0.245 e. The van der Waals surface area contributed by atoms with Crippen molar-refractivity contribution in [3.8, 4) is 0 Å². The molecule has 1 aromatic carbocycles. The second-order valence-electron chi connectivity index (χ2n) is 6.92. The predicted octanol–water partition coefficient (Wildman–Crippen LogP) is 3.58. The molecular weight excluding hydrogens is 380 g/mol. The summed E-state index contributed by atoms with van der Waals surface area (Å²) in [7, 11) is 0. The number of benzene rings is 1. The summed E-state index contributed by atoms with van der Waals surface area (Å²) in [6, 6.07) is 8.38. The third-order valence-electron chi connectivity index (χ3n) is 5.48. The average Bonchev–Trinajstić information content (AvgIpc) is 2.67. The lowest BCUT2D eigenvalue weighted by Gasteiger charge is -2.37. The Hall–Kier alpha value is -1.62. The summed E-state index contributed by atoms with van der Waals surface area (Å²) in [6.07, 6.45) is 4.92. The lowest BCUT2D eigenvalue weighted by atomic mass is 9.88. The maximum atomic E-state index is 12.8. The summed E-state index contributed by atoms with van der Waals surface area (Å²) < 4.78 is 1.17. The predicted molar refractivity (Wildman–Crippen MR) is 102 cm³/mol. The standard InChI is InChI=1S/C20H25BrN2O2/c1-2-19(24)22-11-9-16(10-12-22)20(25)23-13-7-15(8-14-23)17-5-3-4-6-18(17)21/h2-6,15-16H,1,7-14H2. The number of carbonyl (C=O) groups excluding carboxylic acids is 2. The number of likely N-dealkylation sites (tertiary alicyclic amines) is 2. The van der Waals surface area contributed by atoms with E-state index in [9.17, 15) is 9.59 Å². The average molecular weight is 405 g/mol. The molecule has 0 radical (unpaired) electrons. The Morgan fingerprint density at radius 2 is 1.60 bits per heavy atom. The molecule has 2 fully saturated rings. The van der Waals surface area contributed by atoms with Gasteiger partial charge >= 0.3 is 0 Å². The van der Waals surface area contributed by atoms with Crippen LogP contribution < -0.4 is 0 Å². The quantitative estimate of drug-likeness (QED) is 0.722. The van der Waals surface area contributed by atoms with Crippen molar-refractivity contribution in [3.05, 3.63) is 47.0 Å². The molecule has 134 valence electrons. The van der Waals surface area contributed by atoms with Crippen molar-refractivity contribution in [2.24, 2.45) is 5.92 Å². The van der Waals surface area contributed by atoms with Gasteiger partial charge in [-0.15, -0.1) is 0 Å². The molecule has 0 bridgehead atoms. The SMILES string of the molecule is C=CC(=O)N1CCC(C(=O)N2CCC(c3ccccc3Br)CC2)CC1. The van der Waals surface area contributed by atoms with E-state index in [4.69, 9.17) is 0 Å². The first-order valence-electron chi connectivity index (χ1n) is 9.04. The number of carbonyl (C=O) groups is 2. The van der Waals surface area contributed by atoms with Gasteiger partial charge in [-0.25, -0.2) is 0 Å². The highest BCUT2D eigenvalue weighted by Gasteiger charge is 2.32. The van der Waals surface area contributed by atoms with Crippen molar-refractivity contribution in [1.82, 2.24) is 9.80 Å². The molecule has 3 rings (SSSR count). The molecule has 0 atom stereocenters.